The van der Waals surface area contributed by atoms with Gasteiger partial charge in [0, 0.05) is 6.54 Å². The van der Waals surface area contributed by atoms with Crippen molar-refractivity contribution in [1.29, 1.82) is 0 Å². The minimum atomic E-state index is -0.471. The molecular formula is C16H23NO4. The Hall–Kier alpha value is -1.78. The topological polar surface area (TPSA) is 59.8 Å². The summed E-state index contributed by atoms with van der Waals surface area (Å²) in [5.74, 6) is 0.347. The van der Waals surface area contributed by atoms with Crippen molar-refractivity contribution in [3.8, 4) is 0 Å². The molecule has 1 aromatic rings. The van der Waals surface area contributed by atoms with Gasteiger partial charge in [0.05, 0.1) is 12.9 Å². The van der Waals surface area contributed by atoms with Crippen LogP contribution >= 0.6 is 0 Å². The average molecular weight is 293 g/mol. The van der Waals surface area contributed by atoms with Gasteiger partial charge in [-0.2, -0.15) is 0 Å². The van der Waals surface area contributed by atoms with Gasteiger partial charge in [-0.3, -0.25) is 4.79 Å². The summed E-state index contributed by atoms with van der Waals surface area (Å²) in [6, 6.07) is 2.82. The lowest BCUT2D eigenvalue weighted by Gasteiger charge is -2.22. The van der Waals surface area contributed by atoms with E-state index in [0.717, 1.165) is 19.3 Å². The van der Waals surface area contributed by atoms with Crippen molar-refractivity contribution < 1.29 is 18.7 Å². The second kappa shape index (κ2) is 7.29. The second-order valence-electron chi connectivity index (χ2n) is 5.84. The zero-order valence-electron chi connectivity index (χ0n) is 12.7. The predicted octanol–water partition coefficient (Wildman–Crippen LogP) is 2.86. The number of hydrogen-bond acceptors (Lipinski definition) is 4. The third-order valence-electron chi connectivity index (χ3n) is 3.69. The number of nitrogens with zero attached hydrogens (tertiary/aromatic N) is 1. The van der Waals surface area contributed by atoms with Crippen molar-refractivity contribution in [3.05, 3.63) is 24.2 Å². The van der Waals surface area contributed by atoms with E-state index in [9.17, 15) is 9.59 Å². The molecule has 1 aliphatic rings. The first kappa shape index (κ1) is 15.6. The Balaban J connectivity index is 1.86. The highest BCUT2D eigenvalue weighted by molar-refractivity contribution is 5.94. The maximum Gasteiger partial charge on any atom is 0.328 e. The molecule has 116 valence electrons. The van der Waals surface area contributed by atoms with Crippen molar-refractivity contribution >= 4 is 11.9 Å². The molecule has 1 aliphatic heterocycles. The van der Waals surface area contributed by atoms with Gasteiger partial charge >= 0.3 is 5.97 Å². The molecule has 2 heterocycles. The first-order valence-electron chi connectivity index (χ1n) is 7.60. The molecule has 5 nitrogen and oxygen atoms in total. The third-order valence-corrected chi connectivity index (χ3v) is 3.69. The van der Waals surface area contributed by atoms with Crippen LogP contribution in [0.1, 0.15) is 50.1 Å². The summed E-state index contributed by atoms with van der Waals surface area (Å²) in [7, 11) is 0. The smallest absolute Gasteiger partial charge is 0.328 e. The van der Waals surface area contributed by atoms with Gasteiger partial charge in [-0.1, -0.05) is 13.8 Å². The Morgan fingerprint density at radius 3 is 2.95 bits per heavy atom. The maximum atomic E-state index is 12.3. The summed E-state index contributed by atoms with van der Waals surface area (Å²) in [5, 5.41) is 0. The van der Waals surface area contributed by atoms with Gasteiger partial charge in [0.15, 0.2) is 5.76 Å². The Morgan fingerprint density at radius 1 is 1.48 bits per heavy atom. The van der Waals surface area contributed by atoms with Gasteiger partial charge in [-0.25, -0.2) is 4.79 Å². The van der Waals surface area contributed by atoms with E-state index < -0.39 is 6.04 Å². The molecule has 1 atom stereocenters. The molecule has 21 heavy (non-hydrogen) atoms. The van der Waals surface area contributed by atoms with E-state index in [4.69, 9.17) is 9.15 Å². The molecular weight excluding hydrogens is 270 g/mol. The molecule has 0 radical (unpaired) electrons. The Kier molecular flexibility index (Phi) is 5.42. The van der Waals surface area contributed by atoms with Crippen molar-refractivity contribution in [3.63, 3.8) is 0 Å². The number of esters is 1. The molecule has 0 N–H and O–H groups in total. The zero-order chi connectivity index (χ0) is 15.2. The molecule has 2 rings (SSSR count). The van der Waals surface area contributed by atoms with Crippen LogP contribution in [0.5, 0.6) is 0 Å². The molecule has 1 amide bonds. The molecule has 1 aromatic heterocycles. The van der Waals surface area contributed by atoms with E-state index in [1.807, 2.05) is 0 Å². The lowest BCUT2D eigenvalue weighted by atomic mass is 10.1. The summed E-state index contributed by atoms with van der Waals surface area (Å²) in [6.07, 6.45) is 4.84. The van der Waals surface area contributed by atoms with Crippen LogP contribution in [0, 0.1) is 5.92 Å². The summed E-state index contributed by atoms with van der Waals surface area (Å²) in [5.41, 5.74) is 0. The number of carbonyl (C=O) groups excluding carboxylic acids is 2. The van der Waals surface area contributed by atoms with Gasteiger partial charge in [-0.15, -0.1) is 0 Å². The summed E-state index contributed by atoms with van der Waals surface area (Å²) >= 11 is 0. The van der Waals surface area contributed by atoms with Gasteiger partial charge in [-0.05, 0) is 43.7 Å². The highest BCUT2D eigenvalue weighted by Crippen LogP contribution is 2.21. The fraction of sp³-hybridized carbons (Fsp3) is 0.625. The Bertz CT molecular complexity index is 467. The molecule has 5 heteroatoms. The van der Waals surface area contributed by atoms with E-state index in [-0.39, 0.29) is 17.6 Å². The van der Waals surface area contributed by atoms with E-state index in [1.54, 1.807) is 17.0 Å². The molecule has 0 bridgehead atoms. The number of hydrogen-bond donors (Lipinski definition) is 0. The van der Waals surface area contributed by atoms with E-state index in [1.165, 1.54) is 6.26 Å². The van der Waals surface area contributed by atoms with Crippen molar-refractivity contribution in [2.24, 2.45) is 5.92 Å². The first-order chi connectivity index (χ1) is 10.1. The average Bonchev–Trinajstić information content (AvgIpc) is 3.12. The van der Waals surface area contributed by atoms with E-state index >= 15 is 0 Å². The fourth-order valence-electron chi connectivity index (χ4n) is 2.56. The molecule has 1 unspecified atom stereocenters. The maximum absolute atomic E-state index is 12.3. The number of ether oxygens (including phenoxy) is 1. The zero-order valence-corrected chi connectivity index (χ0v) is 12.7. The third kappa shape index (κ3) is 4.09. The molecule has 0 spiro atoms. The van der Waals surface area contributed by atoms with Crippen molar-refractivity contribution in [2.45, 2.75) is 45.6 Å². The number of furan rings is 1. The Morgan fingerprint density at radius 2 is 2.29 bits per heavy atom. The summed E-state index contributed by atoms with van der Waals surface area (Å²) < 4.78 is 10.4. The highest BCUT2D eigenvalue weighted by Gasteiger charge is 2.36. The van der Waals surface area contributed by atoms with Gasteiger partial charge < -0.3 is 14.1 Å². The number of amides is 1. The summed E-state index contributed by atoms with van der Waals surface area (Å²) in [6.45, 7) is 5.28. The number of likely N-dealkylation sites (tertiary alicyclic amines) is 1. The van der Waals surface area contributed by atoms with Crippen molar-refractivity contribution in [2.75, 3.05) is 13.2 Å². The lowest BCUT2D eigenvalue weighted by Crippen LogP contribution is -2.41. The van der Waals surface area contributed by atoms with Gasteiger partial charge in [0.1, 0.15) is 6.04 Å². The first-order valence-corrected chi connectivity index (χ1v) is 7.60. The molecule has 0 saturated carbocycles. The predicted molar refractivity (Wildman–Crippen MR) is 77.8 cm³/mol. The largest absolute Gasteiger partial charge is 0.464 e. The van der Waals surface area contributed by atoms with E-state index in [2.05, 4.69) is 13.8 Å². The van der Waals surface area contributed by atoms with Crippen molar-refractivity contribution in [1.82, 2.24) is 4.90 Å². The van der Waals surface area contributed by atoms with Crippen LogP contribution in [0.3, 0.4) is 0 Å². The Labute approximate surface area is 125 Å². The normalized spacial score (nSPS) is 18.2. The van der Waals surface area contributed by atoms with Gasteiger partial charge in [0.25, 0.3) is 5.91 Å². The SMILES string of the molecule is CC(C)CCCOC(=O)C1CCCN1C(=O)c1ccco1. The van der Waals surface area contributed by atoms with Crippen LogP contribution in [0.25, 0.3) is 0 Å². The number of rotatable bonds is 6. The molecule has 1 saturated heterocycles. The van der Waals surface area contributed by atoms with Crippen LogP contribution in [0.2, 0.25) is 0 Å². The van der Waals surface area contributed by atoms with E-state index in [0.29, 0.717) is 25.5 Å². The minimum Gasteiger partial charge on any atom is -0.464 e. The molecule has 1 fully saturated rings. The molecule has 0 aliphatic carbocycles. The highest BCUT2D eigenvalue weighted by atomic mass is 16.5. The number of carbonyl (C=O) groups is 2. The fourth-order valence-corrected chi connectivity index (χ4v) is 2.56. The van der Waals surface area contributed by atoms with Crippen LogP contribution < -0.4 is 0 Å². The monoisotopic (exact) mass is 293 g/mol. The second-order valence-corrected chi connectivity index (χ2v) is 5.84. The van der Waals surface area contributed by atoms with Crippen LogP contribution in [0.4, 0.5) is 0 Å². The van der Waals surface area contributed by atoms with Gasteiger partial charge in [0.2, 0.25) is 0 Å². The summed E-state index contributed by atoms with van der Waals surface area (Å²) in [4.78, 5) is 26.0. The van der Waals surface area contributed by atoms with Crippen LogP contribution in [0.15, 0.2) is 22.8 Å². The standard InChI is InChI=1S/C16H23NO4/c1-12(2)6-4-11-21-16(19)13-7-3-9-17(13)15(18)14-8-5-10-20-14/h5,8,10,12-13H,3-4,6-7,9,11H2,1-2H3. The lowest BCUT2D eigenvalue weighted by molar-refractivity contribution is -0.148. The minimum absolute atomic E-state index is 0.235. The van der Waals surface area contributed by atoms with Crippen LogP contribution in [-0.2, 0) is 9.53 Å². The molecule has 0 aromatic carbocycles. The van der Waals surface area contributed by atoms with Crippen LogP contribution in [-0.4, -0.2) is 36.0 Å². The quantitative estimate of drug-likeness (QED) is 0.597.